The van der Waals surface area contributed by atoms with E-state index in [9.17, 15) is 19.3 Å². The first-order chi connectivity index (χ1) is 10.9. The summed E-state index contributed by atoms with van der Waals surface area (Å²) in [5.41, 5.74) is -0.307. The van der Waals surface area contributed by atoms with E-state index >= 15 is 0 Å². The average Bonchev–Trinajstić information content (AvgIpc) is 2.52. The summed E-state index contributed by atoms with van der Waals surface area (Å²) in [7, 11) is 1.33. The molecule has 120 valence electrons. The minimum Gasteiger partial charge on any atom is -0.494 e. The normalized spacial score (nSPS) is 10.2. The van der Waals surface area contributed by atoms with E-state index in [1.807, 2.05) is 0 Å². The number of rotatable bonds is 5. The lowest BCUT2D eigenvalue weighted by Gasteiger charge is -2.07. The van der Waals surface area contributed by atoms with E-state index in [0.717, 1.165) is 18.2 Å². The fourth-order valence-electron chi connectivity index (χ4n) is 1.86. The third kappa shape index (κ3) is 3.95. The molecule has 0 saturated heterocycles. The quantitative estimate of drug-likeness (QED) is 0.471. The van der Waals surface area contributed by atoms with Crippen LogP contribution < -0.4 is 4.74 Å². The van der Waals surface area contributed by atoms with Crippen LogP contribution in [0.25, 0.3) is 0 Å². The first-order valence-electron chi connectivity index (χ1n) is 6.36. The molecule has 0 N–H and O–H groups in total. The molecule has 0 aliphatic carbocycles. The van der Waals surface area contributed by atoms with Gasteiger partial charge in [0, 0.05) is 11.1 Å². The maximum atomic E-state index is 13.5. The average molecular weight is 340 g/mol. The molecular formula is C15H11ClFNO5. The monoisotopic (exact) mass is 339 g/mol. The number of nitro benzene ring substituents is 1. The van der Waals surface area contributed by atoms with Gasteiger partial charge in [0.05, 0.1) is 12.0 Å². The summed E-state index contributed by atoms with van der Waals surface area (Å²) in [5, 5.41) is 11.1. The van der Waals surface area contributed by atoms with Gasteiger partial charge in [0.2, 0.25) is 0 Å². The number of nitrogens with zero attached hydrogens (tertiary/aromatic N) is 1. The van der Waals surface area contributed by atoms with Crippen molar-refractivity contribution in [2.45, 2.75) is 6.61 Å². The highest BCUT2D eigenvalue weighted by Crippen LogP contribution is 2.24. The SMILES string of the molecule is COc1ccc(COC(=O)c2cc(Cl)ccc2[N+](=O)[O-])cc1F. The largest absolute Gasteiger partial charge is 0.494 e. The van der Waals surface area contributed by atoms with Crippen molar-refractivity contribution in [3.8, 4) is 5.75 Å². The summed E-state index contributed by atoms with van der Waals surface area (Å²) in [4.78, 5) is 22.2. The highest BCUT2D eigenvalue weighted by molar-refractivity contribution is 6.31. The standard InChI is InChI=1S/C15H11ClFNO5/c1-22-14-5-2-9(6-12(14)17)8-23-15(19)11-7-10(16)3-4-13(11)18(20)21/h2-7H,8H2,1H3. The fourth-order valence-corrected chi connectivity index (χ4v) is 2.03. The van der Waals surface area contributed by atoms with Crippen molar-refractivity contribution in [3.63, 3.8) is 0 Å². The number of halogens is 2. The lowest BCUT2D eigenvalue weighted by atomic mass is 10.2. The smallest absolute Gasteiger partial charge is 0.345 e. The summed E-state index contributed by atoms with van der Waals surface area (Å²) in [6.07, 6.45) is 0. The topological polar surface area (TPSA) is 78.7 Å². The molecule has 0 radical (unpaired) electrons. The summed E-state index contributed by atoms with van der Waals surface area (Å²) in [5.74, 6) is -1.46. The third-order valence-corrected chi connectivity index (χ3v) is 3.20. The molecule has 8 heteroatoms. The van der Waals surface area contributed by atoms with Crippen molar-refractivity contribution in [2.75, 3.05) is 7.11 Å². The molecule has 0 aromatic heterocycles. The number of methoxy groups -OCH3 is 1. The van der Waals surface area contributed by atoms with Crippen LogP contribution in [-0.2, 0) is 11.3 Å². The number of carbonyl (C=O) groups excluding carboxylic acids is 1. The maximum Gasteiger partial charge on any atom is 0.345 e. The van der Waals surface area contributed by atoms with Gasteiger partial charge in [-0.25, -0.2) is 9.18 Å². The molecule has 2 aromatic carbocycles. The van der Waals surface area contributed by atoms with Crippen LogP contribution in [0.2, 0.25) is 5.02 Å². The van der Waals surface area contributed by atoms with Gasteiger partial charge in [0.1, 0.15) is 12.2 Å². The van der Waals surface area contributed by atoms with Crippen LogP contribution in [0.1, 0.15) is 15.9 Å². The van der Waals surface area contributed by atoms with Gasteiger partial charge in [0.25, 0.3) is 5.69 Å². The highest BCUT2D eigenvalue weighted by Gasteiger charge is 2.22. The number of carbonyl (C=O) groups is 1. The molecule has 0 amide bonds. The van der Waals surface area contributed by atoms with Gasteiger partial charge in [-0.3, -0.25) is 10.1 Å². The number of esters is 1. The molecule has 0 bridgehead atoms. The van der Waals surface area contributed by atoms with Crippen LogP contribution >= 0.6 is 11.6 Å². The molecule has 0 unspecified atom stereocenters. The Hall–Kier alpha value is -2.67. The molecule has 0 aliphatic rings. The van der Waals surface area contributed by atoms with Gasteiger partial charge in [-0.15, -0.1) is 0 Å². The lowest BCUT2D eigenvalue weighted by molar-refractivity contribution is -0.385. The molecule has 2 aromatic rings. The minimum absolute atomic E-state index is 0.0607. The summed E-state index contributed by atoms with van der Waals surface area (Å²) < 4.78 is 23.3. The number of benzene rings is 2. The Bertz CT molecular complexity index is 766. The molecule has 0 aliphatic heterocycles. The van der Waals surface area contributed by atoms with E-state index in [2.05, 4.69) is 0 Å². The van der Waals surface area contributed by atoms with Crippen molar-refractivity contribution >= 4 is 23.3 Å². The van der Waals surface area contributed by atoms with Gasteiger partial charge in [-0.2, -0.15) is 0 Å². The first-order valence-corrected chi connectivity index (χ1v) is 6.73. The molecule has 0 saturated carbocycles. The first kappa shape index (κ1) is 16.7. The van der Waals surface area contributed by atoms with Crippen molar-refractivity contribution in [2.24, 2.45) is 0 Å². The second kappa shape index (κ2) is 7.06. The van der Waals surface area contributed by atoms with E-state index in [1.54, 1.807) is 0 Å². The molecule has 0 spiro atoms. The Kier molecular flexibility index (Phi) is 5.13. The maximum absolute atomic E-state index is 13.5. The molecule has 6 nitrogen and oxygen atoms in total. The van der Waals surface area contributed by atoms with E-state index in [1.165, 1.54) is 25.3 Å². The molecular weight excluding hydrogens is 329 g/mol. The van der Waals surface area contributed by atoms with Crippen molar-refractivity contribution in [1.29, 1.82) is 0 Å². The van der Waals surface area contributed by atoms with Crippen LogP contribution in [0.3, 0.4) is 0 Å². The van der Waals surface area contributed by atoms with Gasteiger partial charge in [-0.05, 0) is 29.8 Å². The Morgan fingerprint density at radius 2 is 2.04 bits per heavy atom. The minimum atomic E-state index is -0.921. The predicted octanol–water partition coefficient (Wildman–Crippen LogP) is 3.75. The van der Waals surface area contributed by atoms with Crippen LogP contribution in [0.5, 0.6) is 5.75 Å². The van der Waals surface area contributed by atoms with E-state index in [4.69, 9.17) is 21.1 Å². The number of hydrogen-bond donors (Lipinski definition) is 0. The van der Waals surface area contributed by atoms with Crippen molar-refractivity contribution in [3.05, 3.63) is 68.5 Å². The van der Waals surface area contributed by atoms with Crippen LogP contribution in [0.4, 0.5) is 10.1 Å². The fraction of sp³-hybridized carbons (Fsp3) is 0.133. The molecule has 2 rings (SSSR count). The van der Waals surface area contributed by atoms with Gasteiger partial charge < -0.3 is 9.47 Å². The van der Waals surface area contributed by atoms with E-state index in [-0.39, 0.29) is 22.9 Å². The summed E-state index contributed by atoms with van der Waals surface area (Å²) in [6, 6.07) is 7.62. The van der Waals surface area contributed by atoms with Gasteiger partial charge in [-0.1, -0.05) is 17.7 Å². The summed E-state index contributed by atoms with van der Waals surface area (Å²) in [6.45, 7) is -0.247. The Morgan fingerprint density at radius 3 is 2.65 bits per heavy atom. The Morgan fingerprint density at radius 1 is 1.30 bits per heavy atom. The van der Waals surface area contributed by atoms with E-state index in [0.29, 0.717) is 5.56 Å². The second-order valence-corrected chi connectivity index (χ2v) is 4.90. The second-order valence-electron chi connectivity index (χ2n) is 4.46. The van der Waals surface area contributed by atoms with E-state index < -0.39 is 22.4 Å². The van der Waals surface area contributed by atoms with Gasteiger partial charge >= 0.3 is 5.97 Å². The lowest BCUT2D eigenvalue weighted by Crippen LogP contribution is -2.08. The zero-order valence-corrected chi connectivity index (χ0v) is 12.7. The van der Waals surface area contributed by atoms with Crippen LogP contribution in [0, 0.1) is 15.9 Å². The third-order valence-electron chi connectivity index (χ3n) is 2.96. The molecule has 0 fully saturated rings. The molecule has 0 heterocycles. The zero-order valence-electron chi connectivity index (χ0n) is 11.9. The highest BCUT2D eigenvalue weighted by atomic mass is 35.5. The Balaban J connectivity index is 2.15. The number of ether oxygens (including phenoxy) is 2. The van der Waals surface area contributed by atoms with Crippen LogP contribution in [0.15, 0.2) is 36.4 Å². The van der Waals surface area contributed by atoms with Crippen molar-refractivity contribution in [1.82, 2.24) is 0 Å². The molecule has 23 heavy (non-hydrogen) atoms. The summed E-state index contributed by atoms with van der Waals surface area (Å²) >= 11 is 5.74. The zero-order chi connectivity index (χ0) is 17.0. The number of nitro groups is 1. The van der Waals surface area contributed by atoms with Crippen molar-refractivity contribution < 1.29 is 23.6 Å². The van der Waals surface area contributed by atoms with Crippen LogP contribution in [-0.4, -0.2) is 18.0 Å². The Labute approximate surface area is 135 Å². The van der Waals surface area contributed by atoms with Gasteiger partial charge in [0.15, 0.2) is 11.6 Å². The number of hydrogen-bond acceptors (Lipinski definition) is 5. The predicted molar refractivity (Wildman–Crippen MR) is 80.2 cm³/mol. The molecule has 0 atom stereocenters.